The Kier molecular flexibility index (Phi) is 6.05. The number of carbonyl (C=O) groups is 1. The molecule has 1 aliphatic rings. The fraction of sp³-hybridized carbons (Fsp3) is 0.0303. The molecule has 0 unspecified atom stereocenters. The number of hydrazone groups is 1. The summed E-state index contributed by atoms with van der Waals surface area (Å²) in [6, 6.07) is 41.6. The van der Waals surface area contributed by atoms with E-state index in [1.807, 2.05) is 109 Å². The number of anilines is 1. The quantitative estimate of drug-likeness (QED) is 0.240. The number of fused-ring (bicyclic) bond motifs is 1. The molecule has 37 heavy (non-hydrogen) atoms. The second-order valence-corrected chi connectivity index (χ2v) is 8.79. The summed E-state index contributed by atoms with van der Waals surface area (Å²) in [4.78, 5) is 13.6. The molecule has 1 amide bonds. The van der Waals surface area contributed by atoms with Crippen LogP contribution < -0.4 is 9.75 Å². The summed E-state index contributed by atoms with van der Waals surface area (Å²) in [7, 11) is 0. The van der Waals surface area contributed by atoms with Crippen LogP contribution in [0.4, 0.5) is 5.69 Å². The van der Waals surface area contributed by atoms with E-state index >= 15 is 0 Å². The van der Waals surface area contributed by atoms with Crippen LogP contribution in [-0.2, 0) is 11.4 Å². The largest absolute Gasteiger partial charge is 0.488 e. The van der Waals surface area contributed by atoms with Crippen molar-refractivity contribution in [1.29, 1.82) is 0 Å². The molecule has 5 aromatic carbocycles. The van der Waals surface area contributed by atoms with Crippen LogP contribution >= 0.6 is 0 Å². The van der Waals surface area contributed by atoms with Gasteiger partial charge in [-0.1, -0.05) is 109 Å². The number of nitrogens with zero attached hydrogens (tertiary/aromatic N) is 2. The molecule has 0 spiro atoms. The van der Waals surface area contributed by atoms with Crippen LogP contribution in [-0.4, -0.2) is 11.6 Å². The number of amides is 1. The van der Waals surface area contributed by atoms with Gasteiger partial charge in [0.2, 0.25) is 0 Å². The van der Waals surface area contributed by atoms with E-state index in [1.165, 1.54) is 15.8 Å². The standard InChI is InChI=1S/C33H24N2O2/c36-33-30(32(25-13-3-1-4-14-25)34-35(33)28-18-5-2-6-19-28)22-26-15-8-10-21-31(26)37-23-27-17-11-16-24-12-7-9-20-29(24)27/h1-22H,23H2/b30-22-. The van der Waals surface area contributed by atoms with Crippen LogP contribution in [0.1, 0.15) is 16.7 Å². The molecular weight excluding hydrogens is 456 g/mol. The molecule has 4 heteroatoms. The van der Waals surface area contributed by atoms with Gasteiger partial charge in [0.05, 0.1) is 11.3 Å². The lowest BCUT2D eigenvalue weighted by Crippen LogP contribution is -2.21. The molecule has 178 valence electrons. The number of benzene rings is 5. The minimum atomic E-state index is -0.172. The zero-order valence-electron chi connectivity index (χ0n) is 20.1. The molecule has 4 nitrogen and oxygen atoms in total. The topological polar surface area (TPSA) is 41.9 Å². The zero-order valence-corrected chi connectivity index (χ0v) is 20.1. The van der Waals surface area contributed by atoms with Gasteiger partial charge in [0, 0.05) is 11.1 Å². The van der Waals surface area contributed by atoms with E-state index in [9.17, 15) is 4.79 Å². The lowest BCUT2D eigenvalue weighted by atomic mass is 10.00. The summed E-state index contributed by atoms with van der Waals surface area (Å²) in [6.07, 6.45) is 1.88. The highest BCUT2D eigenvalue weighted by Gasteiger charge is 2.32. The lowest BCUT2D eigenvalue weighted by Gasteiger charge is -2.13. The Morgan fingerprint density at radius 1 is 0.703 bits per heavy atom. The third-order valence-corrected chi connectivity index (χ3v) is 6.41. The Morgan fingerprint density at radius 2 is 1.38 bits per heavy atom. The number of hydrogen-bond donors (Lipinski definition) is 0. The monoisotopic (exact) mass is 480 g/mol. The molecule has 0 fully saturated rings. The Balaban J connectivity index is 1.36. The summed E-state index contributed by atoms with van der Waals surface area (Å²) in [6.45, 7) is 0.422. The van der Waals surface area contributed by atoms with Crippen molar-refractivity contribution < 1.29 is 9.53 Å². The van der Waals surface area contributed by atoms with Gasteiger partial charge in [-0.25, -0.2) is 0 Å². The fourth-order valence-corrected chi connectivity index (χ4v) is 4.56. The van der Waals surface area contributed by atoms with Gasteiger partial charge in [0.25, 0.3) is 5.91 Å². The van der Waals surface area contributed by atoms with Crippen molar-refractivity contribution in [2.24, 2.45) is 5.10 Å². The van der Waals surface area contributed by atoms with E-state index in [2.05, 4.69) is 24.3 Å². The van der Waals surface area contributed by atoms with Crippen molar-refractivity contribution in [2.75, 3.05) is 5.01 Å². The summed E-state index contributed by atoms with van der Waals surface area (Å²) in [5.41, 5.74) is 4.71. The highest BCUT2D eigenvalue weighted by atomic mass is 16.5. The molecule has 0 saturated carbocycles. The maximum absolute atomic E-state index is 13.6. The molecule has 6 rings (SSSR count). The van der Waals surface area contributed by atoms with Crippen LogP contribution in [0.15, 0.2) is 138 Å². The van der Waals surface area contributed by atoms with Gasteiger partial charge in [0.1, 0.15) is 18.1 Å². The Bertz CT molecular complexity index is 1630. The van der Waals surface area contributed by atoms with Crippen LogP contribution in [0.5, 0.6) is 5.75 Å². The van der Waals surface area contributed by atoms with E-state index in [4.69, 9.17) is 9.84 Å². The van der Waals surface area contributed by atoms with E-state index in [1.54, 1.807) is 0 Å². The van der Waals surface area contributed by atoms with Crippen molar-refractivity contribution >= 4 is 34.2 Å². The molecule has 0 bridgehead atoms. The number of hydrogen-bond acceptors (Lipinski definition) is 3. The molecule has 1 aliphatic heterocycles. The van der Waals surface area contributed by atoms with Gasteiger partial charge in [-0.15, -0.1) is 0 Å². The second-order valence-electron chi connectivity index (χ2n) is 8.79. The molecule has 0 radical (unpaired) electrons. The van der Waals surface area contributed by atoms with Gasteiger partial charge >= 0.3 is 0 Å². The maximum Gasteiger partial charge on any atom is 0.281 e. The smallest absolute Gasteiger partial charge is 0.281 e. The minimum absolute atomic E-state index is 0.172. The average Bonchev–Trinajstić information content (AvgIpc) is 3.29. The zero-order chi connectivity index (χ0) is 25.0. The number of ether oxygens (including phenoxy) is 1. The van der Waals surface area contributed by atoms with Crippen molar-refractivity contribution in [1.82, 2.24) is 0 Å². The van der Waals surface area contributed by atoms with Crippen LogP contribution in [0, 0.1) is 0 Å². The summed E-state index contributed by atoms with van der Waals surface area (Å²) in [5.74, 6) is 0.537. The van der Waals surface area contributed by atoms with E-state index in [0.717, 1.165) is 22.4 Å². The molecule has 0 atom stereocenters. The van der Waals surface area contributed by atoms with Crippen LogP contribution in [0.25, 0.3) is 16.8 Å². The number of para-hydroxylation sites is 2. The second kappa shape index (κ2) is 9.96. The van der Waals surface area contributed by atoms with Gasteiger partial charge in [-0.3, -0.25) is 4.79 Å². The van der Waals surface area contributed by atoms with Crippen molar-refractivity contribution in [3.63, 3.8) is 0 Å². The predicted molar refractivity (Wildman–Crippen MR) is 150 cm³/mol. The highest BCUT2D eigenvalue weighted by molar-refractivity contribution is 6.37. The fourth-order valence-electron chi connectivity index (χ4n) is 4.56. The first-order valence-electron chi connectivity index (χ1n) is 12.2. The first-order valence-corrected chi connectivity index (χ1v) is 12.2. The summed E-state index contributed by atoms with van der Waals surface area (Å²) >= 11 is 0. The molecule has 0 aliphatic carbocycles. The molecule has 0 saturated heterocycles. The Labute approximate surface area is 215 Å². The first-order chi connectivity index (χ1) is 18.3. The van der Waals surface area contributed by atoms with Crippen molar-refractivity contribution in [3.05, 3.63) is 150 Å². The van der Waals surface area contributed by atoms with Crippen LogP contribution in [0.3, 0.4) is 0 Å². The van der Waals surface area contributed by atoms with E-state index in [-0.39, 0.29) is 5.91 Å². The normalized spacial score (nSPS) is 14.3. The van der Waals surface area contributed by atoms with Crippen molar-refractivity contribution in [2.45, 2.75) is 6.61 Å². The summed E-state index contributed by atoms with van der Waals surface area (Å²) < 4.78 is 6.32. The van der Waals surface area contributed by atoms with E-state index < -0.39 is 0 Å². The highest BCUT2D eigenvalue weighted by Crippen LogP contribution is 2.30. The Hall–Kier alpha value is -4.96. The number of carbonyl (C=O) groups excluding carboxylic acids is 1. The molecule has 0 N–H and O–H groups in total. The average molecular weight is 481 g/mol. The van der Waals surface area contributed by atoms with Gasteiger partial charge in [-0.05, 0) is 40.6 Å². The maximum atomic E-state index is 13.6. The Morgan fingerprint density at radius 3 is 2.22 bits per heavy atom. The predicted octanol–water partition coefficient (Wildman–Crippen LogP) is 7.25. The van der Waals surface area contributed by atoms with Crippen molar-refractivity contribution in [3.8, 4) is 5.75 Å². The molecular formula is C33H24N2O2. The molecule has 0 aromatic heterocycles. The third-order valence-electron chi connectivity index (χ3n) is 6.41. The molecule has 5 aromatic rings. The third kappa shape index (κ3) is 4.53. The van der Waals surface area contributed by atoms with Gasteiger partial charge in [-0.2, -0.15) is 10.1 Å². The van der Waals surface area contributed by atoms with Gasteiger partial charge < -0.3 is 4.74 Å². The first kappa shape index (κ1) is 22.5. The minimum Gasteiger partial charge on any atom is -0.488 e. The van der Waals surface area contributed by atoms with E-state index in [0.29, 0.717) is 23.6 Å². The summed E-state index contributed by atoms with van der Waals surface area (Å²) in [5, 5.41) is 8.55. The molecule has 1 heterocycles. The van der Waals surface area contributed by atoms with Crippen LogP contribution in [0.2, 0.25) is 0 Å². The lowest BCUT2D eigenvalue weighted by molar-refractivity contribution is -0.114. The SMILES string of the molecule is O=C1/C(=C\c2ccccc2OCc2cccc3ccccc23)C(c2ccccc2)=NN1c1ccccc1. The number of rotatable bonds is 6. The van der Waals surface area contributed by atoms with Gasteiger partial charge in [0.15, 0.2) is 0 Å².